The van der Waals surface area contributed by atoms with Crippen LogP contribution in [0.15, 0.2) is 206 Å². The number of benzene rings is 10. The van der Waals surface area contributed by atoms with Crippen molar-refractivity contribution in [3.63, 3.8) is 0 Å². The minimum atomic E-state index is -0.679. The number of nitriles is 2. The Morgan fingerprint density at radius 1 is 0.421 bits per heavy atom. The zero-order valence-corrected chi connectivity index (χ0v) is 41.0. The van der Waals surface area contributed by atoms with Crippen LogP contribution in [0.3, 0.4) is 0 Å². The van der Waals surface area contributed by atoms with Crippen LogP contribution >= 0.6 is 0 Å². The number of nitrogens with zero attached hydrogens (tertiary/aromatic N) is 3. The maximum atomic E-state index is 10.4. The summed E-state index contributed by atoms with van der Waals surface area (Å²) >= 11 is 0. The Morgan fingerprint density at radius 2 is 0.855 bits per heavy atom. The van der Waals surface area contributed by atoms with Crippen molar-refractivity contribution >= 4 is 32.9 Å². The van der Waals surface area contributed by atoms with E-state index in [-0.39, 0.29) is 11.1 Å². The van der Waals surface area contributed by atoms with E-state index in [0.29, 0.717) is 65.6 Å². The zero-order chi connectivity index (χ0) is 52.0. The average Bonchev–Trinajstić information content (AvgIpc) is 4.02. The molecule has 0 saturated heterocycles. The van der Waals surface area contributed by atoms with E-state index in [1.807, 2.05) is 77.7 Å². The fourth-order valence-corrected chi connectivity index (χ4v) is 10.2. The molecule has 0 heterocycles. The van der Waals surface area contributed by atoms with Crippen LogP contribution in [-0.4, -0.2) is 19.6 Å². The van der Waals surface area contributed by atoms with Crippen molar-refractivity contribution in [2.75, 3.05) is 29.9 Å². The first-order valence-electron chi connectivity index (χ1n) is 24.5. The number of ether oxygens (including phenoxy) is 4. The van der Waals surface area contributed by atoms with Gasteiger partial charge >= 0.3 is 0 Å². The lowest BCUT2D eigenvalue weighted by Gasteiger charge is -2.34. The van der Waals surface area contributed by atoms with Crippen molar-refractivity contribution in [1.82, 2.24) is 0 Å². The Hall–Kier alpha value is -10.8. The van der Waals surface area contributed by atoms with E-state index in [1.165, 1.54) is 22.3 Å². The van der Waals surface area contributed by atoms with Crippen molar-refractivity contribution < 1.29 is 18.9 Å². The minimum absolute atomic E-state index is 0.254. The molecule has 10 aromatic rings. The molecular formula is C68H44N4O4. The second kappa shape index (κ2) is 20.7. The maximum Gasteiger partial charge on any atom is 0.149 e. The van der Waals surface area contributed by atoms with E-state index >= 15 is 0 Å². The lowest BCUT2D eigenvalue weighted by atomic mass is 9.67. The van der Waals surface area contributed by atoms with Gasteiger partial charge in [0.05, 0.1) is 25.0 Å². The van der Waals surface area contributed by atoms with Gasteiger partial charge in [0, 0.05) is 23.5 Å². The van der Waals surface area contributed by atoms with Crippen LogP contribution in [-0.2, 0) is 5.41 Å². The van der Waals surface area contributed by atoms with E-state index in [1.54, 1.807) is 36.4 Å². The molecule has 0 radical (unpaired) electrons. The highest BCUT2D eigenvalue weighted by Gasteiger charge is 2.46. The Labute approximate surface area is 441 Å². The molecule has 11 rings (SSSR count). The minimum Gasteiger partial charge on any atom is -0.456 e. The van der Waals surface area contributed by atoms with Crippen molar-refractivity contribution in [1.29, 1.82) is 10.5 Å². The molecule has 0 atom stereocenters. The number of hydrogen-bond acceptors (Lipinski definition) is 8. The van der Waals surface area contributed by atoms with Crippen LogP contribution < -0.4 is 29.2 Å². The predicted octanol–water partition coefficient (Wildman–Crippen LogP) is 15.4. The molecule has 0 spiro atoms. The van der Waals surface area contributed by atoms with Crippen LogP contribution in [0.5, 0.6) is 46.0 Å². The molecule has 0 amide bonds. The number of hydrogen-bond donors (Lipinski definition) is 1. The van der Waals surface area contributed by atoms with Crippen LogP contribution in [0.2, 0.25) is 0 Å². The fraction of sp³-hybridized carbons (Fsp3) is 0.0588. The van der Waals surface area contributed by atoms with Gasteiger partial charge in [0.15, 0.2) is 0 Å². The molecule has 8 heteroatoms. The molecule has 8 nitrogen and oxygen atoms in total. The fourth-order valence-electron chi connectivity index (χ4n) is 10.2. The highest BCUT2D eigenvalue weighted by atomic mass is 16.5. The average molecular weight is 981 g/mol. The number of anilines is 2. The summed E-state index contributed by atoms with van der Waals surface area (Å²) in [5, 5.41) is 27.9. The van der Waals surface area contributed by atoms with Crippen LogP contribution in [0.4, 0.5) is 11.4 Å². The molecule has 0 fully saturated rings. The molecule has 76 heavy (non-hydrogen) atoms. The van der Waals surface area contributed by atoms with Crippen LogP contribution in [0.1, 0.15) is 33.4 Å². The Balaban J connectivity index is 0.908. The number of terminal acetylenes is 3. The topological polar surface area (TPSA) is 99.8 Å². The van der Waals surface area contributed by atoms with Gasteiger partial charge in [-0.15, -0.1) is 19.3 Å². The van der Waals surface area contributed by atoms with Crippen LogP contribution in [0, 0.1) is 59.7 Å². The van der Waals surface area contributed by atoms with E-state index in [0.717, 1.165) is 44.0 Å². The van der Waals surface area contributed by atoms with Gasteiger partial charge in [0.1, 0.15) is 69.3 Å². The largest absolute Gasteiger partial charge is 0.456 e. The predicted molar refractivity (Wildman–Crippen MR) is 301 cm³/mol. The molecule has 0 unspecified atom stereocenters. The van der Waals surface area contributed by atoms with Crippen molar-refractivity contribution in [2.45, 2.75) is 5.41 Å². The third-order valence-corrected chi connectivity index (χ3v) is 13.5. The quantitative estimate of drug-likeness (QED) is 0.101. The standard InChI is InChI=1S/C68H44N4O4/c1-4-35-71-52-15-11-17-54(42-52)73-64-23-13-25-66(60(64)44-69)75-56-33-29-46-38-50(31-27-48(46)40-56)68(62-21-9-7-19-58(62)59-20-8-10-22-63(59)68)51-32-28-49-41-57(34-30-47(49)39-51)76-67-26-14-24-65(61(67)45-70)74-55-18-12-16-53(43-55)72(36-5-2)37-6-3/h1-3,7-34,38-43,71H,35-37H2. The van der Waals surface area contributed by atoms with E-state index in [9.17, 15) is 10.5 Å². The smallest absolute Gasteiger partial charge is 0.149 e. The van der Waals surface area contributed by atoms with Gasteiger partial charge < -0.3 is 29.2 Å². The van der Waals surface area contributed by atoms with Gasteiger partial charge in [-0.3, -0.25) is 0 Å². The molecule has 0 saturated carbocycles. The Kier molecular flexibility index (Phi) is 13.0. The summed E-state index contributed by atoms with van der Waals surface area (Å²) < 4.78 is 25.4. The third kappa shape index (κ3) is 8.95. The van der Waals surface area contributed by atoms with Gasteiger partial charge in [-0.05, 0) is 140 Å². The summed E-state index contributed by atoms with van der Waals surface area (Å²) in [6.07, 6.45) is 16.6. The first-order valence-corrected chi connectivity index (χ1v) is 24.5. The highest BCUT2D eigenvalue weighted by Crippen LogP contribution is 2.57. The molecular weight excluding hydrogens is 937 g/mol. The maximum absolute atomic E-state index is 10.4. The third-order valence-electron chi connectivity index (χ3n) is 13.5. The van der Waals surface area contributed by atoms with Gasteiger partial charge in [-0.2, -0.15) is 10.5 Å². The summed E-state index contributed by atoms with van der Waals surface area (Å²) in [7, 11) is 0. The molecule has 1 aliphatic carbocycles. The van der Waals surface area contributed by atoms with Crippen LogP contribution in [0.25, 0.3) is 32.7 Å². The lowest BCUT2D eigenvalue weighted by molar-refractivity contribution is 0.457. The number of fused-ring (bicyclic) bond motifs is 5. The lowest BCUT2D eigenvalue weighted by Crippen LogP contribution is -2.28. The second-order valence-corrected chi connectivity index (χ2v) is 18.0. The summed E-state index contributed by atoms with van der Waals surface area (Å²) in [5.41, 5.74) is 8.41. The summed E-state index contributed by atoms with van der Waals surface area (Å²) in [4.78, 5) is 1.89. The van der Waals surface area contributed by atoms with Gasteiger partial charge in [-0.1, -0.05) is 127 Å². The first kappa shape index (κ1) is 47.5. The number of rotatable bonds is 15. The summed E-state index contributed by atoms with van der Waals surface area (Å²) in [6, 6.07) is 72.6. The van der Waals surface area contributed by atoms with E-state index in [2.05, 4.69) is 132 Å². The van der Waals surface area contributed by atoms with Gasteiger partial charge in [0.25, 0.3) is 0 Å². The zero-order valence-electron chi connectivity index (χ0n) is 41.0. The molecule has 0 aliphatic heterocycles. The van der Waals surface area contributed by atoms with E-state index < -0.39 is 5.41 Å². The molecule has 0 aromatic heterocycles. The van der Waals surface area contributed by atoms with Crippen molar-refractivity contribution in [2.24, 2.45) is 0 Å². The van der Waals surface area contributed by atoms with Gasteiger partial charge in [-0.25, -0.2) is 0 Å². The molecule has 10 aromatic carbocycles. The number of nitrogens with one attached hydrogen (secondary N) is 1. The normalized spacial score (nSPS) is 11.6. The van der Waals surface area contributed by atoms with E-state index in [4.69, 9.17) is 38.2 Å². The molecule has 1 N–H and O–H groups in total. The summed E-state index contributed by atoms with van der Waals surface area (Å²) in [6.45, 7) is 1.06. The monoisotopic (exact) mass is 980 g/mol. The SMILES string of the molecule is C#CCNc1cccc(Oc2cccc(Oc3ccc4cc(C5(c6ccc7cc(Oc8cccc(Oc9cccc(N(CC#C)CC#C)c9)c8C#N)ccc7c6)c6ccccc6-c6ccccc65)ccc4c3)c2C#N)c1. The molecule has 0 bridgehead atoms. The molecule has 360 valence electrons. The molecule has 1 aliphatic rings. The van der Waals surface area contributed by atoms with Crippen molar-refractivity contribution in [3.8, 4) is 106 Å². The Morgan fingerprint density at radius 3 is 1.34 bits per heavy atom. The summed E-state index contributed by atoms with van der Waals surface area (Å²) in [5.74, 6) is 11.6. The Bertz CT molecular complexity index is 4060. The van der Waals surface area contributed by atoms with Crippen molar-refractivity contribution in [3.05, 3.63) is 240 Å². The second-order valence-electron chi connectivity index (χ2n) is 18.0. The van der Waals surface area contributed by atoms with Gasteiger partial charge in [0.2, 0.25) is 0 Å². The highest BCUT2D eigenvalue weighted by molar-refractivity contribution is 5.92. The first-order chi connectivity index (χ1) is 37.4.